The van der Waals surface area contributed by atoms with Gasteiger partial charge in [0, 0.05) is 25.2 Å². The maximum atomic E-state index is 13.2. The van der Waals surface area contributed by atoms with Crippen LogP contribution in [0.5, 0.6) is 5.75 Å². The largest absolute Gasteiger partial charge is 0.508 e. The number of para-hydroxylation sites is 2. The average Bonchev–Trinajstić information content (AvgIpc) is 3.39. The van der Waals surface area contributed by atoms with E-state index in [1.165, 1.54) is 0 Å². The second-order valence-corrected chi connectivity index (χ2v) is 6.43. The molecule has 0 aliphatic carbocycles. The fourth-order valence-corrected chi connectivity index (χ4v) is 3.01. The summed E-state index contributed by atoms with van der Waals surface area (Å²) in [5.41, 5.74) is 2.44. The van der Waals surface area contributed by atoms with Crippen molar-refractivity contribution in [2.75, 3.05) is 7.05 Å². The fraction of sp³-hybridized carbons (Fsp3) is 0.0909. The first-order valence-electron chi connectivity index (χ1n) is 8.85. The molecule has 1 amide bonds. The molecule has 0 saturated carbocycles. The Bertz CT molecular complexity index is 1090. The van der Waals surface area contributed by atoms with Crippen LogP contribution in [0.2, 0.25) is 0 Å². The molecule has 0 unspecified atom stereocenters. The van der Waals surface area contributed by atoms with Gasteiger partial charge in [0.1, 0.15) is 17.1 Å². The zero-order valence-electron chi connectivity index (χ0n) is 15.3. The van der Waals surface area contributed by atoms with Crippen molar-refractivity contribution in [3.8, 4) is 22.9 Å². The van der Waals surface area contributed by atoms with Crippen molar-refractivity contribution in [1.82, 2.24) is 14.7 Å². The molecule has 0 spiro atoms. The molecule has 6 nitrogen and oxygen atoms in total. The molecule has 1 N–H and O–H groups in total. The molecule has 4 rings (SSSR count). The molecule has 0 aliphatic rings. The Labute approximate surface area is 162 Å². The molecule has 2 aromatic carbocycles. The second kappa shape index (κ2) is 7.44. The van der Waals surface area contributed by atoms with Gasteiger partial charge in [-0.15, -0.1) is 0 Å². The number of benzene rings is 2. The lowest BCUT2D eigenvalue weighted by atomic mass is 10.2. The van der Waals surface area contributed by atoms with Crippen LogP contribution >= 0.6 is 0 Å². The molecule has 0 fully saturated rings. The summed E-state index contributed by atoms with van der Waals surface area (Å²) in [5.74, 6) is 0.541. The summed E-state index contributed by atoms with van der Waals surface area (Å²) in [6, 6.07) is 21.8. The average molecular weight is 373 g/mol. The Balaban J connectivity index is 1.71. The van der Waals surface area contributed by atoms with Crippen LogP contribution in [0.15, 0.2) is 83.5 Å². The fourth-order valence-electron chi connectivity index (χ4n) is 3.01. The summed E-state index contributed by atoms with van der Waals surface area (Å²) in [6.07, 6.45) is 1.57. The molecule has 140 valence electrons. The number of phenolic OH excluding ortho intramolecular Hbond substituents is 1. The highest BCUT2D eigenvalue weighted by molar-refractivity contribution is 5.94. The van der Waals surface area contributed by atoms with Gasteiger partial charge in [-0.1, -0.05) is 36.4 Å². The van der Waals surface area contributed by atoms with Gasteiger partial charge in [0.15, 0.2) is 5.76 Å². The number of aromatic hydroxyl groups is 1. The number of hydrogen-bond donors (Lipinski definition) is 1. The number of rotatable bonds is 5. The molecule has 0 radical (unpaired) electrons. The smallest absolute Gasteiger partial charge is 0.272 e. The summed E-state index contributed by atoms with van der Waals surface area (Å²) in [4.78, 5) is 14.7. The third kappa shape index (κ3) is 3.40. The summed E-state index contributed by atoms with van der Waals surface area (Å²) < 4.78 is 7.05. The Morgan fingerprint density at radius 2 is 1.82 bits per heavy atom. The van der Waals surface area contributed by atoms with E-state index in [9.17, 15) is 9.90 Å². The third-order valence-electron chi connectivity index (χ3n) is 4.45. The highest BCUT2D eigenvalue weighted by Crippen LogP contribution is 2.24. The topological polar surface area (TPSA) is 71.5 Å². The van der Waals surface area contributed by atoms with Gasteiger partial charge < -0.3 is 14.4 Å². The maximum absolute atomic E-state index is 13.2. The first kappa shape index (κ1) is 17.6. The van der Waals surface area contributed by atoms with Crippen molar-refractivity contribution in [2.24, 2.45) is 0 Å². The maximum Gasteiger partial charge on any atom is 0.272 e. The number of nitrogens with zero attached hydrogens (tertiary/aromatic N) is 3. The third-order valence-corrected chi connectivity index (χ3v) is 4.45. The van der Waals surface area contributed by atoms with Gasteiger partial charge >= 0.3 is 0 Å². The van der Waals surface area contributed by atoms with Gasteiger partial charge in [0.25, 0.3) is 5.91 Å². The molecule has 0 bridgehead atoms. The van der Waals surface area contributed by atoms with Gasteiger partial charge in [-0.3, -0.25) is 4.79 Å². The molecule has 2 heterocycles. The summed E-state index contributed by atoms with van der Waals surface area (Å²) in [7, 11) is 1.70. The molecular weight excluding hydrogens is 354 g/mol. The van der Waals surface area contributed by atoms with E-state index in [0.717, 1.165) is 5.69 Å². The number of hydrogen-bond acceptors (Lipinski definition) is 4. The number of phenols is 1. The molecule has 6 heteroatoms. The van der Waals surface area contributed by atoms with Crippen LogP contribution in [0.4, 0.5) is 0 Å². The quantitative estimate of drug-likeness (QED) is 0.571. The molecule has 0 atom stereocenters. The Hall–Kier alpha value is -3.80. The van der Waals surface area contributed by atoms with Gasteiger partial charge in [0.05, 0.1) is 12.0 Å². The second-order valence-electron chi connectivity index (χ2n) is 6.43. The van der Waals surface area contributed by atoms with E-state index in [0.29, 0.717) is 22.7 Å². The number of furan rings is 1. The van der Waals surface area contributed by atoms with Crippen molar-refractivity contribution in [3.05, 3.63) is 90.3 Å². The minimum Gasteiger partial charge on any atom is -0.508 e. The van der Waals surface area contributed by atoms with E-state index < -0.39 is 0 Å². The zero-order chi connectivity index (χ0) is 19.5. The Kier molecular flexibility index (Phi) is 4.68. The van der Waals surface area contributed by atoms with Gasteiger partial charge in [-0.05, 0) is 30.3 Å². The van der Waals surface area contributed by atoms with Crippen LogP contribution in [0, 0.1) is 0 Å². The molecule has 2 aromatic heterocycles. The molecule has 0 aliphatic heterocycles. The van der Waals surface area contributed by atoms with E-state index >= 15 is 0 Å². The van der Waals surface area contributed by atoms with E-state index in [1.807, 2.05) is 36.4 Å². The van der Waals surface area contributed by atoms with Crippen LogP contribution in [-0.4, -0.2) is 32.7 Å². The zero-order valence-corrected chi connectivity index (χ0v) is 15.3. The van der Waals surface area contributed by atoms with E-state index in [-0.39, 0.29) is 18.2 Å². The van der Waals surface area contributed by atoms with Crippen LogP contribution in [0.25, 0.3) is 17.1 Å². The molecule has 28 heavy (non-hydrogen) atoms. The number of amides is 1. The van der Waals surface area contributed by atoms with Crippen LogP contribution in [-0.2, 0) is 6.54 Å². The summed E-state index contributed by atoms with van der Waals surface area (Å²) in [6.45, 7) is 0.279. The van der Waals surface area contributed by atoms with E-state index in [1.54, 1.807) is 59.3 Å². The van der Waals surface area contributed by atoms with Crippen LogP contribution in [0.1, 0.15) is 16.1 Å². The van der Waals surface area contributed by atoms with Crippen molar-refractivity contribution >= 4 is 5.91 Å². The highest BCUT2D eigenvalue weighted by atomic mass is 16.3. The molecule has 0 saturated heterocycles. The number of carbonyl (C=O) groups excluding carboxylic acids is 1. The molecular formula is C22H19N3O3. The van der Waals surface area contributed by atoms with Crippen molar-refractivity contribution < 1.29 is 14.3 Å². The lowest BCUT2D eigenvalue weighted by Crippen LogP contribution is -2.28. The standard InChI is InChI=1S/C22H19N3O3/c1-24(15-16-8-5-6-11-20(16)26)22(27)19-14-18(21-12-7-13-28-21)23-25(19)17-9-3-2-4-10-17/h2-14,26H,15H2,1H3. The number of aromatic nitrogens is 2. The minimum absolute atomic E-state index is 0.162. The monoisotopic (exact) mass is 373 g/mol. The number of carbonyl (C=O) groups is 1. The van der Waals surface area contributed by atoms with Gasteiger partial charge in [-0.25, -0.2) is 4.68 Å². The van der Waals surface area contributed by atoms with Crippen molar-refractivity contribution in [3.63, 3.8) is 0 Å². The first-order valence-corrected chi connectivity index (χ1v) is 8.85. The van der Waals surface area contributed by atoms with E-state index in [4.69, 9.17) is 4.42 Å². The lowest BCUT2D eigenvalue weighted by Gasteiger charge is -2.18. The van der Waals surface area contributed by atoms with Gasteiger partial charge in [0.2, 0.25) is 0 Å². The predicted octanol–water partition coefficient (Wildman–Crippen LogP) is 4.11. The van der Waals surface area contributed by atoms with Crippen LogP contribution in [0.3, 0.4) is 0 Å². The van der Waals surface area contributed by atoms with Crippen molar-refractivity contribution in [1.29, 1.82) is 0 Å². The van der Waals surface area contributed by atoms with E-state index in [2.05, 4.69) is 5.10 Å². The van der Waals surface area contributed by atoms with Crippen LogP contribution < -0.4 is 0 Å². The highest BCUT2D eigenvalue weighted by Gasteiger charge is 2.22. The first-order chi connectivity index (χ1) is 13.6. The predicted molar refractivity (Wildman–Crippen MR) is 105 cm³/mol. The van der Waals surface area contributed by atoms with Gasteiger partial charge in [-0.2, -0.15) is 5.10 Å². The minimum atomic E-state index is -0.211. The Morgan fingerprint density at radius 3 is 2.54 bits per heavy atom. The summed E-state index contributed by atoms with van der Waals surface area (Å²) >= 11 is 0. The van der Waals surface area contributed by atoms with Crippen molar-refractivity contribution in [2.45, 2.75) is 6.54 Å². The molecule has 4 aromatic rings. The summed E-state index contributed by atoms with van der Waals surface area (Å²) in [5, 5.41) is 14.6. The lowest BCUT2D eigenvalue weighted by molar-refractivity contribution is 0.0775. The Morgan fingerprint density at radius 1 is 1.07 bits per heavy atom. The normalized spacial score (nSPS) is 10.8. The SMILES string of the molecule is CN(Cc1ccccc1O)C(=O)c1cc(-c2ccco2)nn1-c1ccccc1.